The van der Waals surface area contributed by atoms with Gasteiger partial charge in [-0.15, -0.1) is 0 Å². The van der Waals surface area contributed by atoms with Gasteiger partial charge in [0.2, 0.25) is 5.91 Å². The zero-order valence-electron chi connectivity index (χ0n) is 12.5. The first-order chi connectivity index (χ1) is 11.0. The molecule has 1 amide bonds. The van der Waals surface area contributed by atoms with Crippen molar-refractivity contribution in [2.24, 2.45) is 5.92 Å². The van der Waals surface area contributed by atoms with Gasteiger partial charge < -0.3 is 10.6 Å². The molecule has 11 heteroatoms. The minimum atomic E-state index is -4.59. The SMILES string of the molecule is CCNC(=O)[C@@H]1CS(=O)(=O)C[C@H]1Nc1ncc(C(F)(F)F)cc1Cl. The normalized spacial score (nSPS) is 23.0. The first-order valence-electron chi connectivity index (χ1n) is 7.01. The highest BCUT2D eigenvalue weighted by Gasteiger charge is 2.42. The van der Waals surface area contributed by atoms with E-state index in [1.807, 2.05) is 0 Å². The first kappa shape index (κ1) is 18.8. The smallest absolute Gasteiger partial charge is 0.364 e. The number of pyridine rings is 1. The van der Waals surface area contributed by atoms with E-state index >= 15 is 0 Å². The van der Waals surface area contributed by atoms with E-state index in [0.717, 1.165) is 0 Å². The van der Waals surface area contributed by atoms with Crippen molar-refractivity contribution in [1.29, 1.82) is 0 Å². The number of hydrogen-bond donors (Lipinski definition) is 2. The lowest BCUT2D eigenvalue weighted by Gasteiger charge is -2.20. The predicted molar refractivity (Wildman–Crippen MR) is 82.5 cm³/mol. The van der Waals surface area contributed by atoms with Crippen LogP contribution < -0.4 is 10.6 Å². The summed E-state index contributed by atoms with van der Waals surface area (Å²) in [4.78, 5) is 15.6. The quantitative estimate of drug-likeness (QED) is 0.823. The molecule has 24 heavy (non-hydrogen) atoms. The van der Waals surface area contributed by atoms with Crippen LogP contribution in [0.4, 0.5) is 19.0 Å². The molecule has 2 heterocycles. The third-order valence-corrected chi connectivity index (χ3v) is 5.55. The molecule has 134 valence electrons. The number of halogens is 4. The van der Waals surface area contributed by atoms with Crippen molar-refractivity contribution >= 4 is 33.2 Å². The fraction of sp³-hybridized carbons (Fsp3) is 0.538. The molecular formula is C13H15ClF3N3O3S. The van der Waals surface area contributed by atoms with Crippen molar-refractivity contribution in [3.8, 4) is 0 Å². The Kier molecular flexibility index (Phi) is 5.28. The second kappa shape index (κ2) is 6.75. The Morgan fingerprint density at radius 1 is 1.42 bits per heavy atom. The second-order valence-corrected chi connectivity index (χ2v) is 7.94. The van der Waals surface area contributed by atoms with E-state index in [-0.39, 0.29) is 22.3 Å². The lowest BCUT2D eigenvalue weighted by atomic mass is 10.0. The third-order valence-electron chi connectivity index (χ3n) is 3.53. The molecule has 0 saturated carbocycles. The van der Waals surface area contributed by atoms with E-state index in [9.17, 15) is 26.4 Å². The van der Waals surface area contributed by atoms with E-state index in [2.05, 4.69) is 15.6 Å². The summed E-state index contributed by atoms with van der Waals surface area (Å²) < 4.78 is 61.4. The van der Waals surface area contributed by atoms with Crippen LogP contribution in [0.2, 0.25) is 5.02 Å². The fourth-order valence-corrected chi connectivity index (χ4v) is 4.58. The van der Waals surface area contributed by atoms with Crippen LogP contribution in [0.15, 0.2) is 12.3 Å². The summed E-state index contributed by atoms with van der Waals surface area (Å²) in [5.41, 5.74) is -1.02. The standard InChI is InChI=1S/C13H15ClF3N3O3S/c1-2-18-12(21)8-5-24(22,23)6-10(8)20-11-9(14)3-7(4-19-11)13(15,16)17/h3-4,8,10H,2,5-6H2,1H3,(H,18,21)(H,19,20)/t8-,10-/m1/s1. The number of amides is 1. The van der Waals surface area contributed by atoms with E-state index in [1.54, 1.807) is 6.92 Å². The lowest BCUT2D eigenvalue weighted by molar-refractivity contribution is -0.137. The van der Waals surface area contributed by atoms with Crippen molar-refractivity contribution in [3.63, 3.8) is 0 Å². The molecule has 1 aliphatic rings. The molecule has 0 aromatic carbocycles. The Bertz CT molecular complexity index is 740. The van der Waals surface area contributed by atoms with Crippen LogP contribution in [0.3, 0.4) is 0 Å². The number of carbonyl (C=O) groups is 1. The highest BCUT2D eigenvalue weighted by Crippen LogP contribution is 2.33. The molecule has 0 unspecified atom stereocenters. The van der Waals surface area contributed by atoms with Crippen LogP contribution in [0, 0.1) is 5.92 Å². The molecule has 1 fully saturated rings. The van der Waals surface area contributed by atoms with Crippen LogP contribution in [0.5, 0.6) is 0 Å². The van der Waals surface area contributed by atoms with Crippen molar-refractivity contribution in [2.75, 3.05) is 23.4 Å². The summed E-state index contributed by atoms with van der Waals surface area (Å²) in [5.74, 6) is -2.07. The maximum Gasteiger partial charge on any atom is 0.417 e. The Hall–Kier alpha value is -1.55. The van der Waals surface area contributed by atoms with Crippen molar-refractivity contribution in [3.05, 3.63) is 22.8 Å². The summed E-state index contributed by atoms with van der Waals surface area (Å²) in [7, 11) is -3.45. The lowest BCUT2D eigenvalue weighted by Crippen LogP contribution is -2.40. The van der Waals surface area contributed by atoms with Crippen LogP contribution in [-0.4, -0.2) is 43.4 Å². The van der Waals surface area contributed by atoms with Gasteiger partial charge in [-0.2, -0.15) is 13.2 Å². The van der Waals surface area contributed by atoms with Gasteiger partial charge >= 0.3 is 6.18 Å². The highest BCUT2D eigenvalue weighted by molar-refractivity contribution is 7.91. The van der Waals surface area contributed by atoms with Gasteiger partial charge in [0.05, 0.1) is 34.1 Å². The monoisotopic (exact) mass is 385 g/mol. The van der Waals surface area contributed by atoms with E-state index in [4.69, 9.17) is 11.6 Å². The molecular weight excluding hydrogens is 371 g/mol. The van der Waals surface area contributed by atoms with Gasteiger partial charge in [0.25, 0.3) is 0 Å². The van der Waals surface area contributed by atoms with E-state index in [0.29, 0.717) is 18.8 Å². The van der Waals surface area contributed by atoms with E-state index < -0.39 is 39.4 Å². The topological polar surface area (TPSA) is 88.2 Å². The highest BCUT2D eigenvalue weighted by atomic mass is 35.5. The number of alkyl halides is 3. The molecule has 1 aromatic rings. The van der Waals surface area contributed by atoms with Crippen molar-refractivity contribution < 1.29 is 26.4 Å². The molecule has 1 saturated heterocycles. The zero-order chi connectivity index (χ0) is 18.1. The number of sulfone groups is 1. The molecule has 6 nitrogen and oxygen atoms in total. The van der Waals surface area contributed by atoms with Gasteiger partial charge in [-0.3, -0.25) is 4.79 Å². The summed E-state index contributed by atoms with van der Waals surface area (Å²) in [6.45, 7) is 2.03. The van der Waals surface area contributed by atoms with Gasteiger partial charge in [0.1, 0.15) is 5.82 Å². The fourth-order valence-electron chi connectivity index (χ4n) is 2.43. The van der Waals surface area contributed by atoms with Gasteiger partial charge in [0, 0.05) is 12.7 Å². The zero-order valence-corrected chi connectivity index (χ0v) is 14.1. The molecule has 0 spiro atoms. The maximum absolute atomic E-state index is 12.6. The average molecular weight is 386 g/mol. The number of hydrogen-bond acceptors (Lipinski definition) is 5. The summed E-state index contributed by atoms with van der Waals surface area (Å²) >= 11 is 5.80. The van der Waals surface area contributed by atoms with Crippen LogP contribution in [-0.2, 0) is 20.8 Å². The Morgan fingerprint density at radius 2 is 2.08 bits per heavy atom. The van der Waals surface area contributed by atoms with Crippen molar-refractivity contribution in [1.82, 2.24) is 10.3 Å². The van der Waals surface area contributed by atoms with Crippen LogP contribution in [0.1, 0.15) is 12.5 Å². The third kappa shape index (κ3) is 4.29. The Balaban J connectivity index is 2.23. The van der Waals surface area contributed by atoms with Gasteiger partial charge in [-0.25, -0.2) is 13.4 Å². The van der Waals surface area contributed by atoms with Crippen molar-refractivity contribution in [2.45, 2.75) is 19.1 Å². The largest absolute Gasteiger partial charge is 0.417 e. The molecule has 2 rings (SSSR count). The molecule has 2 N–H and O–H groups in total. The van der Waals surface area contributed by atoms with Crippen LogP contribution >= 0.6 is 11.6 Å². The molecule has 1 aromatic heterocycles. The van der Waals surface area contributed by atoms with Gasteiger partial charge in [0.15, 0.2) is 9.84 Å². The summed E-state index contributed by atoms with van der Waals surface area (Å²) in [6.07, 6.45) is -3.99. The number of carbonyl (C=O) groups excluding carboxylic acids is 1. The molecule has 0 bridgehead atoms. The molecule has 2 atom stereocenters. The molecule has 0 aliphatic carbocycles. The molecule has 0 radical (unpaired) electrons. The minimum absolute atomic E-state index is 0.0962. The summed E-state index contributed by atoms with van der Waals surface area (Å²) in [6, 6.07) is -0.121. The number of rotatable bonds is 4. The number of nitrogens with one attached hydrogen (secondary N) is 2. The number of anilines is 1. The average Bonchev–Trinajstić information content (AvgIpc) is 2.75. The predicted octanol–water partition coefficient (Wildman–Crippen LogP) is 1.71. The second-order valence-electron chi connectivity index (χ2n) is 5.38. The molecule has 1 aliphatic heterocycles. The number of aromatic nitrogens is 1. The first-order valence-corrected chi connectivity index (χ1v) is 9.21. The van der Waals surface area contributed by atoms with Gasteiger partial charge in [-0.1, -0.05) is 11.6 Å². The van der Waals surface area contributed by atoms with Crippen LogP contribution in [0.25, 0.3) is 0 Å². The maximum atomic E-state index is 12.6. The Labute approximate surface area is 141 Å². The Morgan fingerprint density at radius 3 is 2.62 bits per heavy atom. The number of nitrogens with zero attached hydrogens (tertiary/aromatic N) is 1. The van der Waals surface area contributed by atoms with E-state index in [1.165, 1.54) is 0 Å². The summed E-state index contributed by atoms with van der Waals surface area (Å²) in [5, 5.41) is 4.92. The minimum Gasteiger partial charge on any atom is -0.364 e. The van der Waals surface area contributed by atoms with Gasteiger partial charge in [-0.05, 0) is 13.0 Å².